The number of carbonyl (C=O) groups excluding carboxylic acids is 1. The van der Waals surface area contributed by atoms with Crippen LogP contribution in [0.1, 0.15) is 11.1 Å². The maximum atomic E-state index is 13.2. The highest BCUT2D eigenvalue weighted by Crippen LogP contribution is 2.56. The van der Waals surface area contributed by atoms with E-state index in [-0.39, 0.29) is 19.3 Å². The van der Waals surface area contributed by atoms with Crippen LogP contribution in [0, 0.1) is 0 Å². The molecule has 1 spiro atoms. The second-order valence-corrected chi connectivity index (χ2v) is 6.75. The zero-order valence-electron chi connectivity index (χ0n) is 12.3. The molecule has 0 fully saturated rings. The predicted molar refractivity (Wildman–Crippen MR) is 86.4 cm³/mol. The molecule has 3 aliphatic rings. The van der Waals surface area contributed by atoms with E-state index in [1.165, 1.54) is 0 Å². The van der Waals surface area contributed by atoms with Gasteiger partial charge < -0.3 is 19.1 Å². The number of hydrogen-bond donors (Lipinski definition) is 0. The summed E-state index contributed by atoms with van der Waals surface area (Å²) in [5, 5.41) is 0. The molecule has 2 aromatic carbocycles. The third-order valence-corrected chi connectivity index (χ3v) is 5.49. The van der Waals surface area contributed by atoms with Crippen LogP contribution in [0.2, 0.25) is 0 Å². The standard InChI is InChI=1S/C17H12BrNO4/c1-19-11-4-2-3-10(18)15(11)17(16(19)20)7-21-12-6-14-13(5-9(12)17)22-8-23-14/h2-6H,7-8H2,1H3/t17-/m0/s1. The van der Waals surface area contributed by atoms with Crippen LogP contribution in [0.25, 0.3) is 0 Å². The fourth-order valence-electron chi connectivity index (χ4n) is 3.74. The van der Waals surface area contributed by atoms with E-state index in [2.05, 4.69) is 15.9 Å². The lowest BCUT2D eigenvalue weighted by Gasteiger charge is -2.22. The first kappa shape index (κ1) is 13.2. The van der Waals surface area contributed by atoms with Gasteiger partial charge in [0.1, 0.15) is 17.8 Å². The lowest BCUT2D eigenvalue weighted by atomic mass is 9.77. The Morgan fingerprint density at radius 1 is 1.13 bits per heavy atom. The summed E-state index contributed by atoms with van der Waals surface area (Å²) >= 11 is 3.61. The number of hydrogen-bond acceptors (Lipinski definition) is 4. The van der Waals surface area contributed by atoms with Crippen LogP contribution in [-0.2, 0) is 10.2 Å². The molecule has 3 aliphatic heterocycles. The SMILES string of the molecule is CN1C(=O)[C@]2(COc3cc4c(cc32)OCO4)c2c(Br)cccc21. The van der Waals surface area contributed by atoms with Gasteiger partial charge in [0.05, 0.1) is 0 Å². The van der Waals surface area contributed by atoms with Gasteiger partial charge in [-0.15, -0.1) is 0 Å². The Labute approximate surface area is 140 Å². The van der Waals surface area contributed by atoms with Crippen LogP contribution in [0.3, 0.4) is 0 Å². The number of carbonyl (C=O) groups is 1. The van der Waals surface area contributed by atoms with Crippen molar-refractivity contribution in [2.24, 2.45) is 0 Å². The van der Waals surface area contributed by atoms with Crippen molar-refractivity contribution in [3.63, 3.8) is 0 Å². The molecule has 5 nitrogen and oxygen atoms in total. The number of benzene rings is 2. The third-order valence-electron chi connectivity index (χ3n) is 4.83. The van der Waals surface area contributed by atoms with Gasteiger partial charge in [-0.2, -0.15) is 0 Å². The average molecular weight is 374 g/mol. The molecule has 0 saturated heterocycles. The summed E-state index contributed by atoms with van der Waals surface area (Å²) in [7, 11) is 1.80. The summed E-state index contributed by atoms with van der Waals surface area (Å²) in [6, 6.07) is 9.54. The number of fused-ring (bicyclic) bond motifs is 5. The molecule has 0 unspecified atom stereocenters. The van der Waals surface area contributed by atoms with E-state index in [0.717, 1.165) is 21.3 Å². The molecule has 116 valence electrons. The van der Waals surface area contributed by atoms with Gasteiger partial charge in [-0.3, -0.25) is 4.79 Å². The monoisotopic (exact) mass is 373 g/mol. The van der Waals surface area contributed by atoms with Gasteiger partial charge in [-0.05, 0) is 18.2 Å². The topological polar surface area (TPSA) is 48.0 Å². The first-order valence-electron chi connectivity index (χ1n) is 7.27. The summed E-state index contributed by atoms with van der Waals surface area (Å²) in [6.45, 7) is 0.476. The fraction of sp³-hybridized carbons (Fsp3) is 0.235. The molecule has 1 amide bonds. The van der Waals surface area contributed by atoms with Gasteiger partial charge in [0.15, 0.2) is 11.5 Å². The number of anilines is 1. The number of amides is 1. The first-order chi connectivity index (χ1) is 11.1. The summed E-state index contributed by atoms with van der Waals surface area (Å²) < 4.78 is 17.7. The Balaban J connectivity index is 1.83. The smallest absolute Gasteiger partial charge is 0.245 e. The summed E-state index contributed by atoms with van der Waals surface area (Å²) in [4.78, 5) is 14.9. The molecule has 0 saturated carbocycles. The molecule has 2 aromatic rings. The van der Waals surface area contributed by atoms with Gasteiger partial charge in [0, 0.05) is 34.4 Å². The van der Waals surface area contributed by atoms with Crippen LogP contribution in [0.5, 0.6) is 17.2 Å². The Morgan fingerprint density at radius 3 is 2.74 bits per heavy atom. The van der Waals surface area contributed by atoms with Gasteiger partial charge in [-0.25, -0.2) is 0 Å². The second kappa shape index (κ2) is 4.20. The van der Waals surface area contributed by atoms with Crippen molar-refractivity contribution in [1.29, 1.82) is 0 Å². The molecule has 6 heteroatoms. The van der Waals surface area contributed by atoms with Crippen molar-refractivity contribution in [2.45, 2.75) is 5.41 Å². The lowest BCUT2D eigenvalue weighted by molar-refractivity contribution is -0.121. The summed E-state index contributed by atoms with van der Waals surface area (Å²) in [6.07, 6.45) is 0. The molecule has 5 rings (SSSR count). The highest BCUT2D eigenvalue weighted by atomic mass is 79.9. The van der Waals surface area contributed by atoms with E-state index < -0.39 is 5.41 Å². The van der Waals surface area contributed by atoms with Crippen molar-refractivity contribution >= 4 is 27.5 Å². The molecular weight excluding hydrogens is 362 g/mol. The van der Waals surface area contributed by atoms with Crippen LogP contribution in [-0.4, -0.2) is 26.4 Å². The molecule has 3 heterocycles. The minimum Gasteiger partial charge on any atom is -0.491 e. The van der Waals surface area contributed by atoms with Crippen LogP contribution in [0.15, 0.2) is 34.8 Å². The first-order valence-corrected chi connectivity index (χ1v) is 8.06. The van der Waals surface area contributed by atoms with Crippen molar-refractivity contribution in [2.75, 3.05) is 25.3 Å². The van der Waals surface area contributed by atoms with E-state index >= 15 is 0 Å². The molecule has 0 aliphatic carbocycles. The van der Waals surface area contributed by atoms with Gasteiger partial charge in [0.25, 0.3) is 0 Å². The molecule has 0 aromatic heterocycles. The van der Waals surface area contributed by atoms with Crippen molar-refractivity contribution in [3.8, 4) is 17.2 Å². The number of likely N-dealkylation sites (N-methyl/N-ethyl adjacent to an activating group) is 1. The van der Waals surface area contributed by atoms with Crippen LogP contribution in [0.4, 0.5) is 5.69 Å². The largest absolute Gasteiger partial charge is 0.491 e. The molecule has 1 atom stereocenters. The molecule has 0 N–H and O–H groups in total. The molecule has 0 bridgehead atoms. The maximum absolute atomic E-state index is 13.2. The van der Waals surface area contributed by atoms with E-state index in [1.54, 1.807) is 11.9 Å². The Kier molecular flexibility index (Phi) is 2.42. The number of halogens is 1. The van der Waals surface area contributed by atoms with Gasteiger partial charge >= 0.3 is 0 Å². The third kappa shape index (κ3) is 1.45. The predicted octanol–water partition coefficient (Wildman–Crippen LogP) is 2.83. The Morgan fingerprint density at radius 2 is 1.91 bits per heavy atom. The fourth-order valence-corrected chi connectivity index (χ4v) is 4.44. The van der Waals surface area contributed by atoms with Crippen LogP contribution >= 0.6 is 15.9 Å². The van der Waals surface area contributed by atoms with Crippen LogP contribution < -0.4 is 19.1 Å². The van der Waals surface area contributed by atoms with Gasteiger partial charge in [0.2, 0.25) is 12.7 Å². The highest BCUT2D eigenvalue weighted by Gasteiger charge is 2.57. The molecular formula is C17H12BrNO4. The molecule has 0 radical (unpaired) electrons. The summed E-state index contributed by atoms with van der Waals surface area (Å²) in [5.41, 5.74) is 1.85. The average Bonchev–Trinajstić information content (AvgIpc) is 3.20. The zero-order valence-corrected chi connectivity index (χ0v) is 13.8. The number of nitrogens with zero attached hydrogens (tertiary/aromatic N) is 1. The minimum absolute atomic E-state index is 0.0111. The van der Waals surface area contributed by atoms with E-state index in [4.69, 9.17) is 14.2 Å². The normalized spacial score (nSPS) is 23.2. The van der Waals surface area contributed by atoms with Crippen molar-refractivity contribution in [1.82, 2.24) is 0 Å². The second-order valence-electron chi connectivity index (χ2n) is 5.89. The quantitative estimate of drug-likeness (QED) is 0.712. The number of rotatable bonds is 0. The molecule has 23 heavy (non-hydrogen) atoms. The van der Waals surface area contributed by atoms with Gasteiger partial charge in [-0.1, -0.05) is 22.0 Å². The highest BCUT2D eigenvalue weighted by molar-refractivity contribution is 9.10. The Bertz CT molecular complexity index is 881. The van der Waals surface area contributed by atoms with E-state index in [9.17, 15) is 4.79 Å². The maximum Gasteiger partial charge on any atom is 0.245 e. The van der Waals surface area contributed by atoms with E-state index in [1.807, 2.05) is 30.3 Å². The minimum atomic E-state index is -0.833. The van der Waals surface area contributed by atoms with Crippen molar-refractivity contribution in [3.05, 3.63) is 45.9 Å². The van der Waals surface area contributed by atoms with E-state index in [0.29, 0.717) is 17.2 Å². The summed E-state index contributed by atoms with van der Waals surface area (Å²) in [5.74, 6) is 2.01. The van der Waals surface area contributed by atoms with Crippen molar-refractivity contribution < 1.29 is 19.0 Å². The number of ether oxygens (including phenoxy) is 3. The Hall–Kier alpha value is -2.21. The lowest BCUT2D eigenvalue weighted by Crippen LogP contribution is -2.41. The zero-order chi connectivity index (χ0) is 15.8.